The summed E-state index contributed by atoms with van der Waals surface area (Å²) in [5.41, 5.74) is 3.59. The van der Waals surface area contributed by atoms with Crippen molar-refractivity contribution in [1.82, 2.24) is 15.2 Å². The highest BCUT2D eigenvalue weighted by atomic mass is 32.1. The molecule has 3 heterocycles. The molecule has 154 valence electrons. The van der Waals surface area contributed by atoms with Gasteiger partial charge in [-0.15, -0.1) is 11.3 Å². The van der Waals surface area contributed by atoms with Crippen molar-refractivity contribution in [2.24, 2.45) is 0 Å². The highest BCUT2D eigenvalue weighted by molar-refractivity contribution is 7.10. The van der Waals surface area contributed by atoms with Crippen molar-refractivity contribution < 1.29 is 4.79 Å². The number of rotatable bonds is 4. The number of thiophene rings is 1. The number of guanidine groups is 1. The lowest BCUT2D eigenvalue weighted by Crippen LogP contribution is -2.62. The van der Waals surface area contributed by atoms with Crippen LogP contribution in [0.4, 0.5) is 0 Å². The monoisotopic (exact) mass is 418 g/mol. The second kappa shape index (κ2) is 7.69. The quantitative estimate of drug-likeness (QED) is 0.631. The molecule has 0 bridgehead atoms. The van der Waals surface area contributed by atoms with Crippen LogP contribution in [-0.2, 0) is 10.3 Å². The lowest BCUT2D eigenvalue weighted by atomic mass is 9.76. The molecule has 1 aliphatic heterocycles. The van der Waals surface area contributed by atoms with Crippen LogP contribution in [0.15, 0.2) is 60.2 Å². The van der Waals surface area contributed by atoms with E-state index in [0.29, 0.717) is 5.92 Å². The van der Waals surface area contributed by atoms with Gasteiger partial charge >= 0.3 is 0 Å². The largest absolute Gasteiger partial charge is 0.345 e. The maximum atomic E-state index is 13.4. The van der Waals surface area contributed by atoms with E-state index in [2.05, 4.69) is 59.9 Å². The van der Waals surface area contributed by atoms with Gasteiger partial charge in [0.05, 0.1) is 11.5 Å². The molecule has 1 fully saturated rings. The summed E-state index contributed by atoms with van der Waals surface area (Å²) in [5.74, 6) is 0.0442. The SMILES string of the molecule is CC(C)c1ccc([C@@H]2C(=O)N(C)C(=N)N[C@]2(C)c2cc(-c3cccnc3)cs2)cc1. The molecule has 30 heavy (non-hydrogen) atoms. The van der Waals surface area contributed by atoms with Crippen LogP contribution >= 0.6 is 11.3 Å². The van der Waals surface area contributed by atoms with Crippen molar-refractivity contribution in [2.45, 2.75) is 38.1 Å². The standard InChI is InChI=1S/C24H26N4OS/c1-15(2)16-7-9-17(10-8-16)21-22(29)28(4)23(25)27-24(21,3)20-12-19(14-30-20)18-6-5-11-26-13-18/h5-15,21H,1-4H3,(H2,25,27)/t21-,24-/m1/s1. The Hall–Kier alpha value is -2.99. The molecule has 2 aromatic heterocycles. The highest BCUT2D eigenvalue weighted by Gasteiger charge is 2.49. The zero-order valence-corrected chi connectivity index (χ0v) is 18.5. The Morgan fingerprint density at radius 3 is 2.57 bits per heavy atom. The Kier molecular flexibility index (Phi) is 5.20. The number of benzene rings is 1. The molecule has 1 saturated heterocycles. The van der Waals surface area contributed by atoms with Gasteiger partial charge in [-0.2, -0.15) is 0 Å². The van der Waals surface area contributed by atoms with Gasteiger partial charge in [0.2, 0.25) is 5.91 Å². The summed E-state index contributed by atoms with van der Waals surface area (Å²) in [6.45, 7) is 6.34. The van der Waals surface area contributed by atoms with Crippen molar-refractivity contribution in [2.75, 3.05) is 7.05 Å². The Bertz CT molecular complexity index is 1070. The summed E-state index contributed by atoms with van der Waals surface area (Å²) >= 11 is 1.60. The lowest BCUT2D eigenvalue weighted by Gasteiger charge is -2.45. The zero-order chi connectivity index (χ0) is 21.5. The molecule has 1 amide bonds. The third kappa shape index (κ3) is 3.41. The number of hydrogen-bond donors (Lipinski definition) is 2. The van der Waals surface area contributed by atoms with Crippen LogP contribution in [0.5, 0.6) is 0 Å². The summed E-state index contributed by atoms with van der Waals surface area (Å²) in [5, 5.41) is 13.7. The van der Waals surface area contributed by atoms with Crippen molar-refractivity contribution >= 4 is 23.2 Å². The number of nitrogens with one attached hydrogen (secondary N) is 2. The molecule has 1 aliphatic rings. The van der Waals surface area contributed by atoms with E-state index in [9.17, 15) is 4.79 Å². The fourth-order valence-corrected chi connectivity index (χ4v) is 5.07. The fraction of sp³-hybridized carbons (Fsp3) is 0.292. The topological polar surface area (TPSA) is 69.1 Å². The van der Waals surface area contributed by atoms with Gasteiger partial charge in [-0.05, 0) is 47.0 Å². The first-order valence-electron chi connectivity index (χ1n) is 10.0. The number of pyridine rings is 1. The minimum Gasteiger partial charge on any atom is -0.345 e. The Balaban J connectivity index is 1.79. The summed E-state index contributed by atoms with van der Waals surface area (Å²) < 4.78 is 0. The second-order valence-corrected chi connectivity index (χ2v) is 9.18. The maximum Gasteiger partial charge on any atom is 0.239 e. The molecule has 3 aromatic rings. The Morgan fingerprint density at radius 1 is 1.20 bits per heavy atom. The molecule has 5 nitrogen and oxygen atoms in total. The first-order valence-corrected chi connectivity index (χ1v) is 10.9. The second-order valence-electron chi connectivity index (χ2n) is 8.27. The smallest absolute Gasteiger partial charge is 0.239 e. The van der Waals surface area contributed by atoms with E-state index in [1.54, 1.807) is 24.6 Å². The third-order valence-electron chi connectivity index (χ3n) is 5.91. The molecule has 6 heteroatoms. The van der Waals surface area contributed by atoms with Gasteiger partial charge in [0.1, 0.15) is 0 Å². The minimum atomic E-state index is -0.717. The van der Waals surface area contributed by atoms with E-state index >= 15 is 0 Å². The molecular formula is C24H26N4OS. The lowest BCUT2D eigenvalue weighted by molar-refractivity contribution is -0.131. The first-order chi connectivity index (χ1) is 14.3. The molecular weight excluding hydrogens is 392 g/mol. The highest BCUT2D eigenvalue weighted by Crippen LogP contribution is 2.44. The fourth-order valence-electron chi connectivity index (χ4n) is 4.00. The number of likely N-dealkylation sites (N-methyl/N-ethyl adjacent to an activating group) is 1. The van der Waals surface area contributed by atoms with Crippen LogP contribution in [0.3, 0.4) is 0 Å². The first kappa shape index (κ1) is 20.3. The van der Waals surface area contributed by atoms with E-state index in [4.69, 9.17) is 5.41 Å². The molecule has 0 radical (unpaired) electrons. The molecule has 1 aromatic carbocycles. The van der Waals surface area contributed by atoms with Crippen LogP contribution in [0.2, 0.25) is 0 Å². The van der Waals surface area contributed by atoms with E-state index in [0.717, 1.165) is 21.6 Å². The van der Waals surface area contributed by atoms with Crippen LogP contribution in [-0.4, -0.2) is 28.8 Å². The van der Waals surface area contributed by atoms with E-state index in [1.165, 1.54) is 10.5 Å². The van der Waals surface area contributed by atoms with Crippen LogP contribution in [0, 0.1) is 5.41 Å². The Labute approximate surface area is 181 Å². The average molecular weight is 419 g/mol. The number of amides is 1. The Morgan fingerprint density at radius 2 is 1.93 bits per heavy atom. The number of carbonyl (C=O) groups excluding carboxylic acids is 1. The molecule has 0 spiro atoms. The van der Waals surface area contributed by atoms with Gasteiger partial charge in [-0.3, -0.25) is 20.1 Å². The minimum absolute atomic E-state index is 0.0742. The zero-order valence-electron chi connectivity index (χ0n) is 17.6. The normalized spacial score (nSPS) is 21.8. The molecule has 2 atom stereocenters. The molecule has 0 aliphatic carbocycles. The van der Waals surface area contributed by atoms with Gasteiger partial charge < -0.3 is 5.32 Å². The van der Waals surface area contributed by atoms with Crippen molar-refractivity contribution in [1.29, 1.82) is 5.41 Å². The molecule has 0 saturated carbocycles. The van der Waals surface area contributed by atoms with E-state index in [1.807, 2.05) is 25.3 Å². The predicted molar refractivity (Wildman–Crippen MR) is 122 cm³/mol. The van der Waals surface area contributed by atoms with Crippen molar-refractivity contribution in [3.05, 3.63) is 76.2 Å². The third-order valence-corrected chi connectivity index (χ3v) is 7.08. The number of nitrogens with zero attached hydrogens (tertiary/aromatic N) is 2. The van der Waals surface area contributed by atoms with Gasteiger partial charge in [0.15, 0.2) is 5.96 Å². The van der Waals surface area contributed by atoms with Gasteiger partial charge in [0, 0.05) is 29.9 Å². The van der Waals surface area contributed by atoms with Gasteiger partial charge in [-0.25, -0.2) is 0 Å². The van der Waals surface area contributed by atoms with Gasteiger partial charge in [-0.1, -0.05) is 44.2 Å². The summed E-state index contributed by atoms with van der Waals surface area (Å²) in [4.78, 5) is 20.0. The van der Waals surface area contributed by atoms with E-state index in [-0.39, 0.29) is 11.9 Å². The van der Waals surface area contributed by atoms with Crippen molar-refractivity contribution in [3.8, 4) is 11.1 Å². The predicted octanol–water partition coefficient (Wildman–Crippen LogP) is 4.93. The molecule has 2 N–H and O–H groups in total. The van der Waals surface area contributed by atoms with Crippen LogP contribution in [0.25, 0.3) is 11.1 Å². The van der Waals surface area contributed by atoms with Gasteiger partial charge in [0.25, 0.3) is 0 Å². The van der Waals surface area contributed by atoms with E-state index < -0.39 is 11.5 Å². The average Bonchev–Trinajstić information content (AvgIpc) is 3.24. The number of carbonyl (C=O) groups is 1. The molecule has 0 unspecified atom stereocenters. The van der Waals surface area contributed by atoms with Crippen LogP contribution in [0.1, 0.15) is 48.6 Å². The maximum absolute atomic E-state index is 13.4. The summed E-state index contributed by atoms with van der Waals surface area (Å²) in [6.07, 6.45) is 3.60. The number of hydrogen-bond acceptors (Lipinski definition) is 4. The van der Waals surface area contributed by atoms with Crippen LogP contribution < -0.4 is 5.32 Å². The number of aromatic nitrogens is 1. The summed E-state index contributed by atoms with van der Waals surface area (Å²) in [6, 6.07) is 14.4. The summed E-state index contributed by atoms with van der Waals surface area (Å²) in [7, 11) is 1.65. The molecule has 4 rings (SSSR count). The van der Waals surface area contributed by atoms with Crippen molar-refractivity contribution in [3.63, 3.8) is 0 Å².